The average molecular weight is 409 g/mol. The molecule has 0 atom stereocenters. The van der Waals surface area contributed by atoms with Gasteiger partial charge in [0.25, 0.3) is 0 Å². The fourth-order valence-electron chi connectivity index (χ4n) is 3.44. The second-order valence-electron chi connectivity index (χ2n) is 6.77. The topological polar surface area (TPSA) is 99.6 Å². The van der Waals surface area contributed by atoms with Crippen molar-refractivity contribution in [1.29, 1.82) is 0 Å². The van der Waals surface area contributed by atoms with Gasteiger partial charge < -0.3 is 5.32 Å². The Morgan fingerprint density at radius 2 is 1.87 bits per heavy atom. The van der Waals surface area contributed by atoms with Crippen molar-refractivity contribution in [2.24, 2.45) is 0 Å². The molecular weight excluding hydrogens is 389 g/mol. The summed E-state index contributed by atoms with van der Waals surface area (Å²) in [6.45, 7) is 4.34. The first-order chi connectivity index (χ1) is 14.5. The highest BCUT2D eigenvalue weighted by molar-refractivity contribution is 5.91. The van der Waals surface area contributed by atoms with Crippen molar-refractivity contribution in [3.63, 3.8) is 0 Å². The normalized spacial score (nSPS) is 11.2. The van der Waals surface area contributed by atoms with E-state index in [1.807, 2.05) is 31.2 Å². The number of imidazole rings is 1. The summed E-state index contributed by atoms with van der Waals surface area (Å²) in [5, 5.41) is 13.7. The number of carbonyl (C=O) groups is 1. The Balaban J connectivity index is 1.52. The molecule has 0 aliphatic heterocycles. The number of aromatic nitrogens is 6. The van der Waals surface area contributed by atoms with Crippen LogP contribution >= 0.6 is 0 Å². The first-order valence-electron chi connectivity index (χ1n) is 9.52. The van der Waals surface area contributed by atoms with Crippen LogP contribution in [0.4, 0.5) is 10.1 Å². The number of para-hydroxylation sites is 2. The number of carbonyl (C=O) groups excluding carboxylic acids is 1. The summed E-state index contributed by atoms with van der Waals surface area (Å²) >= 11 is 0. The van der Waals surface area contributed by atoms with Crippen molar-refractivity contribution in [3.8, 4) is 5.69 Å². The molecule has 4 rings (SSSR count). The molecule has 1 amide bonds. The number of fused-ring (bicyclic) bond motifs is 1. The van der Waals surface area contributed by atoms with E-state index in [2.05, 4.69) is 20.8 Å². The number of halogens is 1. The van der Waals surface area contributed by atoms with Crippen LogP contribution in [-0.2, 0) is 17.9 Å². The maximum absolute atomic E-state index is 14.2. The lowest BCUT2D eigenvalue weighted by Gasteiger charge is -2.09. The summed E-state index contributed by atoms with van der Waals surface area (Å²) in [4.78, 5) is 25.2. The second-order valence-corrected chi connectivity index (χ2v) is 6.77. The zero-order valence-electron chi connectivity index (χ0n) is 16.5. The average Bonchev–Trinajstić information content (AvgIpc) is 3.28. The smallest absolute Gasteiger partial charge is 0.326 e. The van der Waals surface area contributed by atoms with Crippen LogP contribution in [0.3, 0.4) is 0 Å². The molecule has 30 heavy (non-hydrogen) atoms. The van der Waals surface area contributed by atoms with Gasteiger partial charge in [0.15, 0.2) is 5.82 Å². The molecule has 0 aliphatic rings. The van der Waals surface area contributed by atoms with Crippen molar-refractivity contribution in [2.75, 3.05) is 5.32 Å². The van der Waals surface area contributed by atoms with E-state index >= 15 is 0 Å². The molecule has 0 fully saturated rings. The molecule has 0 saturated heterocycles. The fourth-order valence-corrected chi connectivity index (χ4v) is 3.44. The molecule has 0 bridgehead atoms. The molecule has 9 nitrogen and oxygen atoms in total. The Labute approximate surface area is 170 Å². The highest BCUT2D eigenvalue weighted by Gasteiger charge is 2.14. The number of rotatable bonds is 6. The molecule has 0 radical (unpaired) electrons. The maximum atomic E-state index is 14.2. The molecule has 154 valence electrons. The van der Waals surface area contributed by atoms with Gasteiger partial charge in [-0.1, -0.05) is 12.1 Å². The third-order valence-corrected chi connectivity index (χ3v) is 4.89. The third-order valence-electron chi connectivity index (χ3n) is 4.89. The van der Waals surface area contributed by atoms with Crippen LogP contribution in [0.1, 0.15) is 19.2 Å². The molecule has 1 N–H and O–H groups in total. The van der Waals surface area contributed by atoms with E-state index in [0.717, 1.165) is 11.0 Å². The standard InChI is InChI=1S/C20H20FN7O2/c1-3-26-16-6-4-5-7-17(16)27(20(26)30)11-10-19(29)22-14-8-9-15(21)18(12-14)28-13(2)23-24-25-28/h4-9,12H,3,10-11H2,1-2H3,(H,22,29). The number of amides is 1. The Kier molecular flexibility index (Phi) is 5.13. The van der Waals surface area contributed by atoms with E-state index in [9.17, 15) is 14.0 Å². The lowest BCUT2D eigenvalue weighted by atomic mass is 10.2. The fraction of sp³-hybridized carbons (Fsp3) is 0.250. The minimum absolute atomic E-state index is 0.0915. The lowest BCUT2D eigenvalue weighted by Crippen LogP contribution is -2.25. The molecule has 0 saturated carbocycles. The molecule has 4 aromatic rings. The van der Waals surface area contributed by atoms with Gasteiger partial charge >= 0.3 is 5.69 Å². The Bertz CT molecular complexity index is 1290. The van der Waals surface area contributed by atoms with E-state index < -0.39 is 5.82 Å². The van der Waals surface area contributed by atoms with Gasteiger partial charge in [-0.3, -0.25) is 13.9 Å². The number of nitrogens with zero attached hydrogens (tertiary/aromatic N) is 6. The first kappa shape index (κ1) is 19.5. The van der Waals surface area contributed by atoms with Crippen molar-refractivity contribution in [2.45, 2.75) is 33.4 Å². The van der Waals surface area contributed by atoms with Crippen molar-refractivity contribution >= 4 is 22.6 Å². The SMILES string of the molecule is CCn1c(=O)n(CCC(=O)Nc2ccc(F)c(-n3nnnc3C)c2)c2ccccc21. The Hall–Kier alpha value is -3.82. The summed E-state index contributed by atoms with van der Waals surface area (Å²) in [6.07, 6.45) is 0.0915. The van der Waals surface area contributed by atoms with Crippen LogP contribution in [-0.4, -0.2) is 35.2 Å². The molecule has 2 aromatic heterocycles. The quantitative estimate of drug-likeness (QED) is 0.527. The second kappa shape index (κ2) is 7.90. The minimum Gasteiger partial charge on any atom is -0.326 e. The first-order valence-corrected chi connectivity index (χ1v) is 9.52. The zero-order chi connectivity index (χ0) is 21.3. The molecule has 10 heteroatoms. The van der Waals surface area contributed by atoms with E-state index in [4.69, 9.17) is 0 Å². The highest BCUT2D eigenvalue weighted by atomic mass is 19.1. The van der Waals surface area contributed by atoms with Gasteiger partial charge in [-0.15, -0.1) is 5.10 Å². The summed E-state index contributed by atoms with van der Waals surface area (Å²) < 4.78 is 18.7. The van der Waals surface area contributed by atoms with Crippen molar-refractivity contribution in [1.82, 2.24) is 29.3 Å². The van der Waals surface area contributed by atoms with Gasteiger partial charge in [0.1, 0.15) is 11.5 Å². The number of hydrogen-bond donors (Lipinski definition) is 1. The number of nitrogens with one attached hydrogen (secondary N) is 1. The van der Waals surface area contributed by atoms with Gasteiger partial charge in [-0.05, 0) is 54.6 Å². The van der Waals surface area contributed by atoms with Gasteiger partial charge in [0, 0.05) is 25.2 Å². The number of anilines is 1. The maximum Gasteiger partial charge on any atom is 0.329 e. The summed E-state index contributed by atoms with van der Waals surface area (Å²) in [5.74, 6) is -0.382. The van der Waals surface area contributed by atoms with Gasteiger partial charge in [-0.25, -0.2) is 9.18 Å². The van der Waals surface area contributed by atoms with E-state index in [0.29, 0.717) is 18.1 Å². The zero-order valence-corrected chi connectivity index (χ0v) is 16.5. The summed E-state index contributed by atoms with van der Waals surface area (Å²) in [7, 11) is 0. The third kappa shape index (κ3) is 3.47. The van der Waals surface area contributed by atoms with Crippen LogP contribution in [0, 0.1) is 12.7 Å². The largest absolute Gasteiger partial charge is 0.329 e. The molecular formula is C20H20FN7O2. The molecule has 0 unspecified atom stereocenters. The van der Waals surface area contributed by atoms with Crippen molar-refractivity contribution in [3.05, 3.63) is 64.6 Å². The van der Waals surface area contributed by atoms with Crippen LogP contribution in [0.2, 0.25) is 0 Å². The highest BCUT2D eigenvalue weighted by Crippen LogP contribution is 2.19. The van der Waals surface area contributed by atoms with E-state index in [-0.39, 0.29) is 30.2 Å². The minimum atomic E-state index is -0.512. The molecule has 0 aliphatic carbocycles. The van der Waals surface area contributed by atoms with E-state index in [1.54, 1.807) is 16.1 Å². The van der Waals surface area contributed by atoms with Gasteiger partial charge in [0.05, 0.1) is 11.0 Å². The summed E-state index contributed by atoms with van der Waals surface area (Å²) in [6, 6.07) is 11.7. The number of aryl methyl sites for hydroxylation is 3. The van der Waals surface area contributed by atoms with Crippen LogP contribution in [0.25, 0.3) is 16.7 Å². The monoisotopic (exact) mass is 409 g/mol. The number of benzene rings is 2. The number of tetrazole rings is 1. The van der Waals surface area contributed by atoms with Crippen LogP contribution < -0.4 is 11.0 Å². The molecule has 2 aromatic carbocycles. The summed E-state index contributed by atoms with van der Waals surface area (Å²) in [5.41, 5.74) is 2.03. The van der Waals surface area contributed by atoms with Gasteiger partial charge in [0.2, 0.25) is 5.91 Å². The molecule has 0 spiro atoms. The van der Waals surface area contributed by atoms with E-state index in [1.165, 1.54) is 22.9 Å². The lowest BCUT2D eigenvalue weighted by molar-refractivity contribution is -0.116. The van der Waals surface area contributed by atoms with Crippen LogP contribution in [0.5, 0.6) is 0 Å². The predicted octanol–water partition coefficient (Wildman–Crippen LogP) is 2.27. The molecule has 2 heterocycles. The Morgan fingerprint density at radius 1 is 1.13 bits per heavy atom. The number of hydrogen-bond acceptors (Lipinski definition) is 5. The van der Waals surface area contributed by atoms with Crippen LogP contribution in [0.15, 0.2) is 47.3 Å². The van der Waals surface area contributed by atoms with Gasteiger partial charge in [-0.2, -0.15) is 4.68 Å². The predicted molar refractivity (Wildman–Crippen MR) is 109 cm³/mol. The Morgan fingerprint density at radius 3 is 2.53 bits per heavy atom. The van der Waals surface area contributed by atoms with Crippen molar-refractivity contribution < 1.29 is 9.18 Å².